The first-order chi connectivity index (χ1) is 9.17. The van der Waals surface area contributed by atoms with Gasteiger partial charge in [0.15, 0.2) is 0 Å². The van der Waals surface area contributed by atoms with E-state index in [0.717, 1.165) is 31.5 Å². The van der Waals surface area contributed by atoms with Gasteiger partial charge < -0.3 is 4.90 Å². The molecule has 2 fully saturated rings. The summed E-state index contributed by atoms with van der Waals surface area (Å²) in [6.45, 7) is 1.52. The summed E-state index contributed by atoms with van der Waals surface area (Å²) in [6.07, 6.45) is 2.60. The maximum Gasteiger partial charge on any atom is 0.243 e. The van der Waals surface area contributed by atoms with E-state index in [1.165, 1.54) is 12.1 Å². The molecular formula is C15H15FN2O. The molecule has 0 unspecified atom stereocenters. The zero-order valence-electron chi connectivity index (χ0n) is 10.6. The van der Waals surface area contributed by atoms with Crippen LogP contribution in [-0.4, -0.2) is 23.9 Å². The van der Waals surface area contributed by atoms with E-state index in [-0.39, 0.29) is 17.6 Å². The second-order valence-electron chi connectivity index (χ2n) is 5.39. The number of nitriles is 1. The number of carbonyl (C=O) groups is 1. The van der Waals surface area contributed by atoms with Crippen LogP contribution in [0.3, 0.4) is 0 Å². The van der Waals surface area contributed by atoms with Crippen molar-refractivity contribution in [2.24, 2.45) is 5.41 Å². The highest BCUT2D eigenvalue weighted by Gasteiger charge is 2.62. The molecule has 0 spiro atoms. The molecule has 1 amide bonds. The molecule has 2 aliphatic rings. The van der Waals surface area contributed by atoms with E-state index in [9.17, 15) is 14.4 Å². The highest BCUT2D eigenvalue weighted by atomic mass is 19.1. The third kappa shape index (κ3) is 1.90. The first kappa shape index (κ1) is 12.2. The summed E-state index contributed by atoms with van der Waals surface area (Å²) in [7, 11) is 0. The smallest absolute Gasteiger partial charge is 0.243 e. The van der Waals surface area contributed by atoms with Crippen molar-refractivity contribution in [2.75, 3.05) is 13.1 Å². The monoisotopic (exact) mass is 258 g/mol. The number of carbonyl (C=O) groups excluding carboxylic acids is 1. The highest BCUT2D eigenvalue weighted by molar-refractivity contribution is 5.90. The molecule has 98 valence electrons. The molecule has 1 saturated heterocycles. The van der Waals surface area contributed by atoms with Crippen molar-refractivity contribution >= 4 is 5.91 Å². The third-order valence-corrected chi connectivity index (χ3v) is 4.21. The summed E-state index contributed by atoms with van der Waals surface area (Å²) >= 11 is 0. The van der Waals surface area contributed by atoms with Gasteiger partial charge in [0, 0.05) is 19.0 Å². The van der Waals surface area contributed by atoms with Crippen LogP contribution in [-0.2, 0) is 4.79 Å². The SMILES string of the molecule is N#C[C@]1(C(=O)N2CCCC2)C[C@@H]1c1ccc(F)cc1. The van der Waals surface area contributed by atoms with E-state index in [1.54, 1.807) is 17.0 Å². The van der Waals surface area contributed by atoms with Gasteiger partial charge in [0.25, 0.3) is 0 Å². The van der Waals surface area contributed by atoms with Gasteiger partial charge in [0.1, 0.15) is 11.2 Å². The van der Waals surface area contributed by atoms with Gasteiger partial charge in [-0.15, -0.1) is 0 Å². The second kappa shape index (κ2) is 4.34. The van der Waals surface area contributed by atoms with Crippen LogP contribution >= 0.6 is 0 Å². The average molecular weight is 258 g/mol. The average Bonchev–Trinajstić information content (AvgIpc) is 2.93. The van der Waals surface area contributed by atoms with Crippen molar-refractivity contribution in [3.63, 3.8) is 0 Å². The van der Waals surface area contributed by atoms with Crippen LogP contribution in [0.5, 0.6) is 0 Å². The molecule has 1 aromatic carbocycles. The summed E-state index contributed by atoms with van der Waals surface area (Å²) in [5.74, 6) is -0.411. The van der Waals surface area contributed by atoms with E-state index < -0.39 is 5.41 Å². The van der Waals surface area contributed by atoms with Crippen molar-refractivity contribution in [3.05, 3.63) is 35.6 Å². The Labute approximate surface area is 111 Å². The van der Waals surface area contributed by atoms with Gasteiger partial charge in [-0.25, -0.2) is 4.39 Å². The van der Waals surface area contributed by atoms with Gasteiger partial charge in [0.05, 0.1) is 6.07 Å². The highest BCUT2D eigenvalue weighted by Crippen LogP contribution is 2.60. The molecule has 3 rings (SSSR count). The normalized spacial score (nSPS) is 29.1. The van der Waals surface area contributed by atoms with Crippen LogP contribution in [0.25, 0.3) is 0 Å². The summed E-state index contributed by atoms with van der Waals surface area (Å²) < 4.78 is 12.9. The molecule has 3 nitrogen and oxygen atoms in total. The molecule has 0 N–H and O–H groups in total. The number of rotatable bonds is 2. The summed E-state index contributed by atoms with van der Waals surface area (Å²) in [5, 5.41) is 9.40. The lowest BCUT2D eigenvalue weighted by Crippen LogP contribution is -2.35. The van der Waals surface area contributed by atoms with Gasteiger partial charge in [-0.05, 0) is 37.0 Å². The number of halogens is 1. The maximum absolute atomic E-state index is 12.9. The van der Waals surface area contributed by atoms with Crippen LogP contribution in [0.1, 0.15) is 30.7 Å². The number of amides is 1. The van der Waals surface area contributed by atoms with Crippen LogP contribution in [0.2, 0.25) is 0 Å². The maximum atomic E-state index is 12.9. The van der Waals surface area contributed by atoms with Gasteiger partial charge in [-0.3, -0.25) is 4.79 Å². The molecule has 1 aliphatic heterocycles. The number of likely N-dealkylation sites (tertiary alicyclic amines) is 1. The summed E-state index contributed by atoms with van der Waals surface area (Å²) in [5.41, 5.74) is -0.0159. The Morgan fingerprint density at radius 1 is 1.32 bits per heavy atom. The molecule has 1 aromatic rings. The fourth-order valence-electron chi connectivity index (χ4n) is 2.97. The Morgan fingerprint density at radius 3 is 2.53 bits per heavy atom. The lowest BCUT2D eigenvalue weighted by molar-refractivity contribution is -0.134. The van der Waals surface area contributed by atoms with Crippen LogP contribution in [0.4, 0.5) is 4.39 Å². The number of nitrogens with zero attached hydrogens (tertiary/aromatic N) is 2. The van der Waals surface area contributed by atoms with Crippen molar-refractivity contribution < 1.29 is 9.18 Å². The van der Waals surface area contributed by atoms with E-state index >= 15 is 0 Å². The third-order valence-electron chi connectivity index (χ3n) is 4.21. The van der Waals surface area contributed by atoms with Crippen molar-refractivity contribution in [3.8, 4) is 6.07 Å². The topological polar surface area (TPSA) is 44.1 Å². The predicted octanol–water partition coefficient (Wildman–Crippen LogP) is 2.45. The quantitative estimate of drug-likeness (QED) is 0.817. The number of benzene rings is 1. The molecule has 1 aliphatic carbocycles. The van der Waals surface area contributed by atoms with Gasteiger partial charge in [-0.1, -0.05) is 12.1 Å². The Morgan fingerprint density at radius 2 is 1.95 bits per heavy atom. The predicted molar refractivity (Wildman–Crippen MR) is 67.6 cm³/mol. The molecule has 0 bridgehead atoms. The molecule has 1 heterocycles. The fraction of sp³-hybridized carbons (Fsp3) is 0.467. The first-order valence-corrected chi connectivity index (χ1v) is 6.63. The molecule has 0 radical (unpaired) electrons. The van der Waals surface area contributed by atoms with Crippen molar-refractivity contribution in [1.82, 2.24) is 4.90 Å². The Kier molecular flexibility index (Phi) is 2.78. The van der Waals surface area contributed by atoms with E-state index in [2.05, 4.69) is 6.07 Å². The Hall–Kier alpha value is -1.89. The van der Waals surface area contributed by atoms with Gasteiger partial charge in [0.2, 0.25) is 5.91 Å². The Bertz CT molecular complexity index is 542. The molecule has 4 heteroatoms. The van der Waals surface area contributed by atoms with Crippen LogP contribution in [0, 0.1) is 22.6 Å². The second-order valence-corrected chi connectivity index (χ2v) is 5.39. The standard InChI is InChI=1S/C15H15FN2O/c16-12-5-3-11(4-6-12)13-9-15(13,10-17)14(19)18-7-1-2-8-18/h3-6,13H,1-2,7-9H2/t13-,15-/m1/s1. The largest absolute Gasteiger partial charge is 0.341 e. The van der Waals surface area contributed by atoms with E-state index in [4.69, 9.17) is 0 Å². The van der Waals surface area contributed by atoms with Gasteiger partial charge in [-0.2, -0.15) is 5.26 Å². The van der Waals surface area contributed by atoms with Crippen molar-refractivity contribution in [2.45, 2.75) is 25.2 Å². The first-order valence-electron chi connectivity index (χ1n) is 6.63. The zero-order valence-corrected chi connectivity index (χ0v) is 10.6. The zero-order chi connectivity index (χ0) is 13.5. The van der Waals surface area contributed by atoms with Gasteiger partial charge >= 0.3 is 0 Å². The minimum atomic E-state index is -0.901. The van der Waals surface area contributed by atoms with Crippen molar-refractivity contribution in [1.29, 1.82) is 5.26 Å². The fourth-order valence-corrected chi connectivity index (χ4v) is 2.97. The molecule has 1 saturated carbocycles. The lowest BCUT2D eigenvalue weighted by Gasteiger charge is -2.19. The Balaban J connectivity index is 1.82. The number of hydrogen-bond acceptors (Lipinski definition) is 2. The molecule has 0 aromatic heterocycles. The lowest BCUT2D eigenvalue weighted by atomic mass is 9.99. The molecule has 19 heavy (non-hydrogen) atoms. The van der Waals surface area contributed by atoms with E-state index in [1.807, 2.05) is 0 Å². The van der Waals surface area contributed by atoms with Crippen LogP contribution < -0.4 is 0 Å². The summed E-state index contributed by atoms with van der Waals surface area (Å²) in [6, 6.07) is 8.33. The van der Waals surface area contributed by atoms with E-state index in [0.29, 0.717) is 6.42 Å². The molecular weight excluding hydrogens is 243 g/mol. The summed E-state index contributed by atoms with van der Waals surface area (Å²) in [4.78, 5) is 14.2. The number of hydrogen-bond donors (Lipinski definition) is 0. The van der Waals surface area contributed by atoms with Crippen LogP contribution in [0.15, 0.2) is 24.3 Å². The minimum absolute atomic E-state index is 0.0400. The minimum Gasteiger partial charge on any atom is -0.341 e. The molecule has 2 atom stereocenters.